The first-order valence-electron chi connectivity index (χ1n) is 9.45. The van der Waals surface area contributed by atoms with Gasteiger partial charge in [0.05, 0.1) is 9.83 Å². The Morgan fingerprint density at radius 2 is 1.73 bits per heavy atom. The summed E-state index contributed by atoms with van der Waals surface area (Å²) in [6.07, 6.45) is 1.54. The van der Waals surface area contributed by atoms with Crippen LogP contribution < -0.4 is 10.0 Å². The number of anilines is 1. The van der Waals surface area contributed by atoms with E-state index in [1.807, 2.05) is 0 Å². The van der Waals surface area contributed by atoms with Gasteiger partial charge < -0.3 is 14.9 Å². The van der Waals surface area contributed by atoms with Crippen LogP contribution in [-0.2, 0) is 4.79 Å². The number of nitro benzene ring substituents is 1. The van der Waals surface area contributed by atoms with Crippen molar-refractivity contribution in [2.45, 2.75) is 6.92 Å². The second-order valence-electron chi connectivity index (χ2n) is 7.10. The first-order chi connectivity index (χ1) is 14.4. The van der Waals surface area contributed by atoms with Gasteiger partial charge in [-0.25, -0.2) is 0 Å². The molecule has 30 heavy (non-hydrogen) atoms. The predicted molar refractivity (Wildman–Crippen MR) is 116 cm³/mol. The SMILES string of the molecule is Cc1ccc(N2CCN(C3=NC(=O)/C(=C\c4ccc([O-])c([N+](=O)[O-])c4)S3)CC2)cc1. The number of amides is 1. The minimum atomic E-state index is -0.719. The highest BCUT2D eigenvalue weighted by Gasteiger charge is 2.28. The molecule has 0 aliphatic carbocycles. The van der Waals surface area contributed by atoms with Crippen molar-refractivity contribution in [1.29, 1.82) is 0 Å². The third-order valence-corrected chi connectivity index (χ3v) is 6.08. The van der Waals surface area contributed by atoms with Crippen molar-refractivity contribution in [2.75, 3.05) is 31.1 Å². The summed E-state index contributed by atoms with van der Waals surface area (Å²) in [7, 11) is 0. The normalized spacial score (nSPS) is 18.1. The van der Waals surface area contributed by atoms with Crippen LogP contribution in [0.1, 0.15) is 11.1 Å². The molecule has 1 amide bonds. The minimum Gasteiger partial charge on any atom is -0.868 e. The number of amidine groups is 1. The van der Waals surface area contributed by atoms with Gasteiger partial charge in [-0.05, 0) is 48.2 Å². The molecule has 4 rings (SSSR count). The van der Waals surface area contributed by atoms with E-state index in [4.69, 9.17) is 0 Å². The van der Waals surface area contributed by atoms with Crippen molar-refractivity contribution in [3.05, 3.63) is 68.6 Å². The highest BCUT2D eigenvalue weighted by Crippen LogP contribution is 2.32. The molecule has 0 spiro atoms. The average Bonchev–Trinajstić information content (AvgIpc) is 3.10. The number of piperazine rings is 1. The van der Waals surface area contributed by atoms with Crippen LogP contribution in [-0.4, -0.2) is 47.1 Å². The molecular formula is C21H19N4O4S-. The molecule has 0 N–H and O–H groups in total. The van der Waals surface area contributed by atoms with Gasteiger partial charge in [-0.2, -0.15) is 4.99 Å². The Kier molecular flexibility index (Phi) is 5.45. The van der Waals surface area contributed by atoms with Crippen molar-refractivity contribution in [3.63, 3.8) is 0 Å². The molecule has 0 unspecified atom stereocenters. The van der Waals surface area contributed by atoms with Crippen LogP contribution >= 0.6 is 11.8 Å². The summed E-state index contributed by atoms with van der Waals surface area (Å²) in [5.41, 5.74) is 2.33. The zero-order valence-corrected chi connectivity index (χ0v) is 17.1. The number of nitro groups is 1. The largest absolute Gasteiger partial charge is 0.868 e. The third kappa shape index (κ3) is 4.16. The van der Waals surface area contributed by atoms with Crippen LogP contribution in [0.25, 0.3) is 6.08 Å². The second-order valence-corrected chi connectivity index (χ2v) is 8.11. The molecule has 0 radical (unpaired) electrons. The molecular weight excluding hydrogens is 404 g/mol. The van der Waals surface area contributed by atoms with Crippen molar-refractivity contribution < 1.29 is 14.8 Å². The van der Waals surface area contributed by atoms with Crippen LogP contribution in [0, 0.1) is 17.0 Å². The summed E-state index contributed by atoms with van der Waals surface area (Å²) in [5, 5.41) is 23.2. The van der Waals surface area contributed by atoms with Crippen molar-refractivity contribution in [1.82, 2.24) is 4.90 Å². The molecule has 154 valence electrons. The summed E-state index contributed by atoms with van der Waals surface area (Å²) in [6.45, 7) is 5.21. The molecule has 2 aliphatic heterocycles. The summed E-state index contributed by atoms with van der Waals surface area (Å²) < 4.78 is 0. The molecule has 2 aromatic carbocycles. The van der Waals surface area contributed by atoms with Crippen LogP contribution in [0.5, 0.6) is 5.75 Å². The topological polar surface area (TPSA) is 102 Å². The van der Waals surface area contributed by atoms with E-state index in [1.165, 1.54) is 35.1 Å². The molecule has 2 aromatic rings. The maximum absolute atomic E-state index is 12.3. The van der Waals surface area contributed by atoms with Crippen molar-refractivity contribution in [3.8, 4) is 5.75 Å². The first kappa shape index (κ1) is 20.0. The van der Waals surface area contributed by atoms with Crippen LogP contribution in [0.2, 0.25) is 0 Å². The summed E-state index contributed by atoms with van der Waals surface area (Å²) in [4.78, 5) is 31.5. The first-order valence-corrected chi connectivity index (χ1v) is 10.3. The number of hydrogen-bond acceptors (Lipinski definition) is 7. The number of benzene rings is 2. The van der Waals surface area contributed by atoms with E-state index in [2.05, 4.69) is 46.0 Å². The molecule has 2 heterocycles. The number of carbonyl (C=O) groups excluding carboxylic acids is 1. The van der Waals surface area contributed by atoms with E-state index in [9.17, 15) is 20.0 Å². The maximum atomic E-state index is 12.3. The third-order valence-electron chi connectivity index (χ3n) is 5.04. The van der Waals surface area contributed by atoms with Gasteiger partial charge in [0.25, 0.3) is 11.6 Å². The number of aliphatic imine (C=N–C) groups is 1. The highest BCUT2D eigenvalue weighted by molar-refractivity contribution is 8.18. The number of hydrogen-bond donors (Lipinski definition) is 0. The number of rotatable bonds is 3. The Morgan fingerprint density at radius 3 is 2.40 bits per heavy atom. The lowest BCUT2D eigenvalue weighted by Crippen LogP contribution is -2.47. The predicted octanol–water partition coefficient (Wildman–Crippen LogP) is 2.77. The number of aryl methyl sites for hydroxylation is 1. The smallest absolute Gasteiger partial charge is 0.286 e. The molecule has 0 bridgehead atoms. The van der Waals surface area contributed by atoms with Gasteiger partial charge in [-0.3, -0.25) is 14.9 Å². The van der Waals surface area contributed by atoms with E-state index in [1.54, 1.807) is 6.08 Å². The fourth-order valence-electron chi connectivity index (χ4n) is 3.36. The molecule has 2 aliphatic rings. The van der Waals surface area contributed by atoms with Gasteiger partial charge in [0, 0.05) is 37.9 Å². The average molecular weight is 423 g/mol. The Bertz CT molecular complexity index is 1060. The van der Waals surface area contributed by atoms with Crippen molar-refractivity contribution >= 4 is 40.3 Å². The Morgan fingerprint density at radius 1 is 1.07 bits per heavy atom. The Labute approximate surface area is 177 Å². The number of thioether (sulfide) groups is 1. The van der Waals surface area contributed by atoms with Gasteiger partial charge in [0.15, 0.2) is 5.17 Å². The van der Waals surface area contributed by atoms with Gasteiger partial charge in [-0.15, -0.1) is 0 Å². The van der Waals surface area contributed by atoms with E-state index >= 15 is 0 Å². The summed E-state index contributed by atoms with van der Waals surface area (Å²) >= 11 is 1.26. The van der Waals surface area contributed by atoms with Crippen LogP contribution in [0.15, 0.2) is 52.4 Å². The number of nitrogens with zero attached hydrogens (tertiary/aromatic N) is 4. The lowest BCUT2D eigenvalue weighted by atomic mass is 10.1. The second kappa shape index (κ2) is 8.19. The van der Waals surface area contributed by atoms with E-state index < -0.39 is 16.4 Å². The van der Waals surface area contributed by atoms with E-state index in [0.717, 1.165) is 32.2 Å². The Balaban J connectivity index is 1.42. The molecule has 1 saturated heterocycles. The highest BCUT2D eigenvalue weighted by atomic mass is 32.2. The molecule has 8 nitrogen and oxygen atoms in total. The molecule has 1 fully saturated rings. The van der Waals surface area contributed by atoms with Crippen LogP contribution in [0.4, 0.5) is 11.4 Å². The zero-order chi connectivity index (χ0) is 21.3. The zero-order valence-electron chi connectivity index (χ0n) is 16.3. The fourth-order valence-corrected chi connectivity index (χ4v) is 4.33. The number of carbonyl (C=O) groups is 1. The molecule has 0 atom stereocenters. The monoisotopic (exact) mass is 423 g/mol. The lowest BCUT2D eigenvalue weighted by molar-refractivity contribution is -0.398. The lowest BCUT2D eigenvalue weighted by Gasteiger charge is -2.36. The minimum absolute atomic E-state index is 0.371. The quantitative estimate of drug-likeness (QED) is 0.425. The summed E-state index contributed by atoms with van der Waals surface area (Å²) in [5.74, 6) is -1.03. The van der Waals surface area contributed by atoms with Gasteiger partial charge in [0.2, 0.25) is 0 Å². The molecule has 0 aromatic heterocycles. The standard InChI is InChI=1S/C21H20N4O4S/c1-14-2-5-16(6-3-14)23-8-10-24(11-9-23)21-22-20(27)19(30-21)13-15-4-7-18(26)17(12-15)25(28)29/h2-7,12-13,26H,8-11H2,1H3/p-1/b19-13+. The molecule has 9 heteroatoms. The van der Waals surface area contributed by atoms with E-state index in [0.29, 0.717) is 15.6 Å². The van der Waals surface area contributed by atoms with Gasteiger partial charge in [-0.1, -0.05) is 29.8 Å². The summed E-state index contributed by atoms with van der Waals surface area (Å²) in [6, 6.07) is 12.2. The maximum Gasteiger partial charge on any atom is 0.286 e. The van der Waals surface area contributed by atoms with Gasteiger partial charge >= 0.3 is 0 Å². The fraction of sp³-hybridized carbons (Fsp3) is 0.238. The Hall–Kier alpha value is -3.33. The van der Waals surface area contributed by atoms with Crippen LogP contribution in [0.3, 0.4) is 0 Å². The van der Waals surface area contributed by atoms with Crippen molar-refractivity contribution in [2.24, 2.45) is 4.99 Å². The van der Waals surface area contributed by atoms with E-state index in [-0.39, 0.29) is 5.91 Å². The molecule has 0 saturated carbocycles. The van der Waals surface area contributed by atoms with Gasteiger partial charge in [0.1, 0.15) is 0 Å².